The van der Waals surface area contributed by atoms with E-state index in [9.17, 15) is 10.1 Å². The second-order valence-electron chi connectivity index (χ2n) is 6.36. The Kier molecular flexibility index (Phi) is 5.87. The summed E-state index contributed by atoms with van der Waals surface area (Å²) in [6.07, 6.45) is 4.22. The number of rotatable bonds is 3. The molecule has 134 valence electrons. The van der Waals surface area contributed by atoms with Crippen molar-refractivity contribution in [2.45, 2.75) is 6.42 Å². The summed E-state index contributed by atoms with van der Waals surface area (Å²) >= 11 is 0. The van der Waals surface area contributed by atoms with Crippen molar-refractivity contribution >= 4 is 17.7 Å². The van der Waals surface area contributed by atoms with Gasteiger partial charge in [0.2, 0.25) is 5.91 Å². The minimum Gasteiger partial charge on any atom is -0.369 e. The van der Waals surface area contributed by atoms with Crippen molar-refractivity contribution in [3.8, 4) is 12.1 Å². The third-order valence-corrected chi connectivity index (χ3v) is 4.63. The summed E-state index contributed by atoms with van der Waals surface area (Å²) in [4.78, 5) is 16.5. The Morgan fingerprint density at radius 3 is 2.44 bits per heavy atom. The first-order chi connectivity index (χ1) is 13.2. The highest BCUT2D eigenvalue weighted by atomic mass is 16.2. The summed E-state index contributed by atoms with van der Waals surface area (Å²) in [6.45, 7) is 2.84. The Bertz CT molecular complexity index is 919. The van der Waals surface area contributed by atoms with E-state index in [-0.39, 0.29) is 5.91 Å². The van der Waals surface area contributed by atoms with Crippen LogP contribution in [0.1, 0.15) is 23.1 Å². The fraction of sp³-hybridized carbons (Fsp3) is 0.227. The fourth-order valence-electron chi connectivity index (χ4n) is 3.16. The maximum absolute atomic E-state index is 12.5. The summed E-state index contributed by atoms with van der Waals surface area (Å²) in [7, 11) is 0. The molecule has 1 aliphatic heterocycles. The molecule has 2 aromatic rings. The van der Waals surface area contributed by atoms with Gasteiger partial charge in [-0.15, -0.1) is 0 Å². The van der Waals surface area contributed by atoms with Gasteiger partial charge < -0.3 is 9.80 Å². The average molecular weight is 356 g/mol. The third kappa shape index (κ3) is 4.54. The average Bonchev–Trinajstić information content (AvgIpc) is 2.98. The van der Waals surface area contributed by atoms with E-state index in [4.69, 9.17) is 5.26 Å². The highest BCUT2D eigenvalue weighted by Gasteiger charge is 2.19. The van der Waals surface area contributed by atoms with E-state index in [0.717, 1.165) is 24.2 Å². The summed E-state index contributed by atoms with van der Waals surface area (Å²) in [5, 5.41) is 18.1. The van der Waals surface area contributed by atoms with Gasteiger partial charge in [-0.25, -0.2) is 0 Å². The number of benzene rings is 2. The predicted molar refractivity (Wildman–Crippen MR) is 105 cm³/mol. The molecule has 0 atom stereocenters. The number of hydrogen-bond donors (Lipinski definition) is 0. The van der Waals surface area contributed by atoms with Crippen LogP contribution in [-0.4, -0.2) is 37.0 Å². The van der Waals surface area contributed by atoms with Crippen LogP contribution >= 0.6 is 0 Å². The van der Waals surface area contributed by atoms with Gasteiger partial charge in [-0.1, -0.05) is 24.3 Å². The van der Waals surface area contributed by atoms with Crippen LogP contribution in [0.15, 0.2) is 54.6 Å². The molecule has 0 bridgehead atoms. The van der Waals surface area contributed by atoms with Crippen molar-refractivity contribution in [3.05, 3.63) is 71.3 Å². The zero-order chi connectivity index (χ0) is 19.1. The van der Waals surface area contributed by atoms with E-state index < -0.39 is 0 Å². The highest BCUT2D eigenvalue weighted by Crippen LogP contribution is 2.21. The Labute approximate surface area is 159 Å². The van der Waals surface area contributed by atoms with E-state index >= 15 is 0 Å². The van der Waals surface area contributed by atoms with Crippen LogP contribution in [0.4, 0.5) is 5.69 Å². The number of carbonyl (C=O) groups excluding carboxylic acids is 1. The van der Waals surface area contributed by atoms with Gasteiger partial charge in [-0.3, -0.25) is 4.79 Å². The lowest BCUT2D eigenvalue weighted by Crippen LogP contribution is -2.34. The van der Waals surface area contributed by atoms with Gasteiger partial charge in [-0.2, -0.15) is 10.5 Å². The van der Waals surface area contributed by atoms with Crippen LogP contribution in [0.5, 0.6) is 0 Å². The summed E-state index contributed by atoms with van der Waals surface area (Å²) in [5.74, 6) is -0.0187. The lowest BCUT2D eigenvalue weighted by Gasteiger charge is -2.24. The highest BCUT2D eigenvalue weighted by molar-refractivity contribution is 5.91. The number of para-hydroxylation sites is 1. The maximum Gasteiger partial charge on any atom is 0.246 e. The van der Waals surface area contributed by atoms with Gasteiger partial charge >= 0.3 is 0 Å². The molecule has 0 spiro atoms. The number of anilines is 1. The summed E-state index contributed by atoms with van der Waals surface area (Å²) in [5.41, 5.74) is 3.09. The van der Waals surface area contributed by atoms with Crippen LogP contribution in [0.3, 0.4) is 0 Å². The van der Waals surface area contributed by atoms with E-state index in [1.54, 1.807) is 24.3 Å². The van der Waals surface area contributed by atoms with Crippen LogP contribution < -0.4 is 4.90 Å². The molecule has 3 rings (SSSR count). The van der Waals surface area contributed by atoms with Gasteiger partial charge in [0, 0.05) is 32.3 Å². The quantitative estimate of drug-likeness (QED) is 0.792. The molecule has 0 N–H and O–H groups in total. The number of carbonyl (C=O) groups is 1. The summed E-state index contributed by atoms with van der Waals surface area (Å²) < 4.78 is 0. The molecular weight excluding hydrogens is 336 g/mol. The fourth-order valence-corrected chi connectivity index (χ4v) is 3.16. The van der Waals surface area contributed by atoms with E-state index in [0.29, 0.717) is 30.8 Å². The lowest BCUT2D eigenvalue weighted by atomic mass is 10.1. The Morgan fingerprint density at radius 2 is 1.70 bits per heavy atom. The molecule has 1 fully saturated rings. The molecule has 1 amide bonds. The molecule has 27 heavy (non-hydrogen) atoms. The Morgan fingerprint density at radius 1 is 0.926 bits per heavy atom. The molecule has 5 heteroatoms. The molecule has 0 radical (unpaired) electrons. The minimum absolute atomic E-state index is 0.0187. The number of nitrogens with zero attached hydrogens (tertiary/aromatic N) is 4. The molecule has 0 saturated carbocycles. The third-order valence-electron chi connectivity index (χ3n) is 4.63. The van der Waals surface area contributed by atoms with Crippen molar-refractivity contribution in [3.63, 3.8) is 0 Å². The van der Waals surface area contributed by atoms with Gasteiger partial charge in [0.25, 0.3) is 0 Å². The maximum atomic E-state index is 12.5. The van der Waals surface area contributed by atoms with Gasteiger partial charge in [-0.05, 0) is 42.3 Å². The molecule has 0 aliphatic carbocycles. The number of hydrogen-bond acceptors (Lipinski definition) is 4. The molecule has 5 nitrogen and oxygen atoms in total. The van der Waals surface area contributed by atoms with Gasteiger partial charge in [0.15, 0.2) is 0 Å². The molecule has 1 saturated heterocycles. The predicted octanol–water partition coefficient (Wildman–Crippen LogP) is 3.18. The SMILES string of the molecule is N#Cc1ccc(/C=C\C(=O)N2CCCN(c3ccccc3C#N)CC2)cc1. The first-order valence-corrected chi connectivity index (χ1v) is 8.92. The Hall–Kier alpha value is -3.57. The van der Waals surface area contributed by atoms with Gasteiger partial charge in [0.1, 0.15) is 6.07 Å². The van der Waals surface area contributed by atoms with Crippen LogP contribution in [0.25, 0.3) is 6.08 Å². The van der Waals surface area contributed by atoms with E-state index in [2.05, 4.69) is 17.0 Å². The van der Waals surface area contributed by atoms with Crippen molar-refractivity contribution < 1.29 is 4.79 Å². The van der Waals surface area contributed by atoms with Crippen molar-refractivity contribution in [1.29, 1.82) is 10.5 Å². The molecule has 1 aliphatic rings. The zero-order valence-corrected chi connectivity index (χ0v) is 15.0. The molecule has 0 unspecified atom stereocenters. The summed E-state index contributed by atoms with van der Waals surface area (Å²) in [6, 6.07) is 19.0. The monoisotopic (exact) mass is 356 g/mol. The first kappa shape index (κ1) is 18.2. The zero-order valence-electron chi connectivity index (χ0n) is 15.0. The van der Waals surface area contributed by atoms with E-state index in [1.807, 2.05) is 41.3 Å². The molecule has 2 aromatic carbocycles. The minimum atomic E-state index is -0.0187. The van der Waals surface area contributed by atoms with Crippen molar-refractivity contribution in [2.75, 3.05) is 31.1 Å². The van der Waals surface area contributed by atoms with Gasteiger partial charge in [0.05, 0.1) is 22.9 Å². The second-order valence-corrected chi connectivity index (χ2v) is 6.36. The van der Waals surface area contributed by atoms with Crippen LogP contribution in [0, 0.1) is 22.7 Å². The normalized spacial score (nSPS) is 14.4. The molecule has 1 heterocycles. The topological polar surface area (TPSA) is 71.1 Å². The smallest absolute Gasteiger partial charge is 0.246 e. The number of amides is 1. The van der Waals surface area contributed by atoms with E-state index in [1.165, 1.54) is 0 Å². The first-order valence-electron chi connectivity index (χ1n) is 8.92. The Balaban J connectivity index is 1.63. The van der Waals surface area contributed by atoms with Crippen molar-refractivity contribution in [2.24, 2.45) is 0 Å². The standard InChI is InChI=1S/C22H20N4O/c23-16-19-8-6-18(7-9-19)10-11-22(27)26-13-3-12-25(14-15-26)21-5-2-1-4-20(21)17-24/h1-2,4-11H,3,12-15H2/b11-10-. The number of nitriles is 2. The molecule has 0 aromatic heterocycles. The van der Waals surface area contributed by atoms with Crippen LogP contribution in [-0.2, 0) is 4.79 Å². The van der Waals surface area contributed by atoms with Crippen LogP contribution in [0.2, 0.25) is 0 Å². The second kappa shape index (κ2) is 8.69. The van der Waals surface area contributed by atoms with Crippen molar-refractivity contribution in [1.82, 2.24) is 4.90 Å². The largest absolute Gasteiger partial charge is 0.369 e. The lowest BCUT2D eigenvalue weighted by molar-refractivity contribution is -0.125. The molecular formula is C22H20N4O.